The maximum absolute atomic E-state index is 12.4. The molecule has 0 aliphatic heterocycles. The van der Waals surface area contributed by atoms with Gasteiger partial charge < -0.3 is 4.57 Å². The van der Waals surface area contributed by atoms with Gasteiger partial charge in [-0.3, -0.25) is 14.3 Å². The fourth-order valence-electron chi connectivity index (χ4n) is 1.95. The molecule has 0 aliphatic carbocycles. The molecule has 2 rings (SSSR count). The van der Waals surface area contributed by atoms with Crippen LogP contribution in [0.1, 0.15) is 18.7 Å². The molecule has 0 aliphatic rings. The highest BCUT2D eigenvalue weighted by Gasteiger charge is 2.24. The van der Waals surface area contributed by atoms with Crippen molar-refractivity contribution in [3.63, 3.8) is 0 Å². The lowest BCUT2D eigenvalue weighted by Crippen LogP contribution is -2.41. The molecule has 0 radical (unpaired) electrons. The first-order valence-electron chi connectivity index (χ1n) is 6.44. The third-order valence-corrected chi connectivity index (χ3v) is 4.69. The van der Waals surface area contributed by atoms with Crippen molar-refractivity contribution in [3.8, 4) is 0 Å². The van der Waals surface area contributed by atoms with Crippen LogP contribution in [0.3, 0.4) is 0 Å². The zero-order chi connectivity index (χ0) is 16.5. The predicted octanol–water partition coefficient (Wildman–Crippen LogP) is -0.481. The summed E-state index contributed by atoms with van der Waals surface area (Å²) >= 11 is 0. The van der Waals surface area contributed by atoms with Gasteiger partial charge in [0, 0.05) is 26.5 Å². The van der Waals surface area contributed by atoms with Crippen LogP contribution in [0.15, 0.2) is 45.1 Å². The fraction of sp³-hybridized carbons (Fsp3) is 0.308. The topological polar surface area (TPSA) is 103 Å². The second kappa shape index (κ2) is 5.85. The third-order valence-electron chi connectivity index (χ3n) is 3.17. The molecule has 22 heavy (non-hydrogen) atoms. The zero-order valence-electron chi connectivity index (χ0n) is 12.3. The molecule has 8 nitrogen and oxygen atoms in total. The Labute approximate surface area is 127 Å². The Balaban J connectivity index is 2.44. The van der Waals surface area contributed by atoms with Gasteiger partial charge in [-0.05, 0) is 19.1 Å². The fourth-order valence-corrected chi connectivity index (χ4v) is 3.32. The zero-order valence-corrected chi connectivity index (χ0v) is 13.2. The van der Waals surface area contributed by atoms with Crippen molar-refractivity contribution in [1.82, 2.24) is 18.8 Å². The van der Waals surface area contributed by atoms with Crippen LogP contribution in [0.25, 0.3) is 0 Å². The molecular weight excluding hydrogens is 308 g/mol. The van der Waals surface area contributed by atoms with Gasteiger partial charge in [-0.25, -0.2) is 17.9 Å². The van der Waals surface area contributed by atoms with E-state index in [0.29, 0.717) is 5.69 Å². The molecule has 1 atom stereocenters. The van der Waals surface area contributed by atoms with Crippen molar-refractivity contribution >= 4 is 10.0 Å². The van der Waals surface area contributed by atoms with Gasteiger partial charge >= 0.3 is 5.69 Å². The van der Waals surface area contributed by atoms with Gasteiger partial charge in [0.25, 0.3) is 5.56 Å². The summed E-state index contributed by atoms with van der Waals surface area (Å²) < 4.78 is 28.9. The Kier molecular flexibility index (Phi) is 4.29. The minimum absolute atomic E-state index is 0.486. The lowest BCUT2D eigenvalue weighted by Gasteiger charge is -2.14. The van der Waals surface area contributed by atoms with Crippen LogP contribution in [0, 0.1) is 0 Å². The number of pyridine rings is 1. The number of hydrogen-bond donors (Lipinski definition) is 1. The van der Waals surface area contributed by atoms with E-state index in [-0.39, 0.29) is 0 Å². The van der Waals surface area contributed by atoms with Crippen molar-refractivity contribution < 1.29 is 8.42 Å². The highest BCUT2D eigenvalue weighted by atomic mass is 32.2. The van der Waals surface area contributed by atoms with E-state index >= 15 is 0 Å². The summed E-state index contributed by atoms with van der Waals surface area (Å²) in [6.45, 7) is 1.62. The minimum atomic E-state index is -4.08. The van der Waals surface area contributed by atoms with Gasteiger partial charge in [0.15, 0.2) is 4.90 Å². The molecular formula is C13H16N4O4S. The van der Waals surface area contributed by atoms with E-state index in [1.807, 2.05) is 0 Å². The number of rotatable bonds is 4. The SMILES string of the molecule is C[C@H](NS(=O)(=O)c1cn(C)c(=O)n(C)c1=O)c1ccccn1. The number of sulfonamides is 1. The summed E-state index contributed by atoms with van der Waals surface area (Å²) in [5, 5.41) is 0. The van der Waals surface area contributed by atoms with Crippen molar-refractivity contribution in [3.05, 3.63) is 57.1 Å². The van der Waals surface area contributed by atoms with E-state index in [1.54, 1.807) is 31.3 Å². The van der Waals surface area contributed by atoms with Gasteiger partial charge in [0.1, 0.15) is 0 Å². The quantitative estimate of drug-likeness (QED) is 0.818. The summed E-state index contributed by atoms with van der Waals surface area (Å²) in [6, 6.07) is 4.51. The van der Waals surface area contributed by atoms with Gasteiger partial charge in [-0.1, -0.05) is 6.07 Å². The monoisotopic (exact) mass is 324 g/mol. The van der Waals surface area contributed by atoms with Crippen molar-refractivity contribution in [2.24, 2.45) is 14.1 Å². The van der Waals surface area contributed by atoms with E-state index in [1.165, 1.54) is 14.1 Å². The van der Waals surface area contributed by atoms with E-state index < -0.39 is 32.2 Å². The van der Waals surface area contributed by atoms with Crippen molar-refractivity contribution in [2.45, 2.75) is 17.9 Å². The van der Waals surface area contributed by atoms with E-state index in [9.17, 15) is 18.0 Å². The first-order valence-corrected chi connectivity index (χ1v) is 7.92. The van der Waals surface area contributed by atoms with Gasteiger partial charge in [-0.2, -0.15) is 0 Å². The number of aryl methyl sites for hydroxylation is 1. The van der Waals surface area contributed by atoms with Crippen molar-refractivity contribution in [1.29, 1.82) is 0 Å². The highest BCUT2D eigenvalue weighted by molar-refractivity contribution is 7.89. The molecule has 2 aromatic heterocycles. The van der Waals surface area contributed by atoms with E-state index in [4.69, 9.17) is 0 Å². The van der Waals surface area contributed by atoms with Crippen LogP contribution in [0.5, 0.6) is 0 Å². The normalized spacial score (nSPS) is 13.0. The summed E-state index contributed by atoms with van der Waals surface area (Å²) in [5.74, 6) is 0. The van der Waals surface area contributed by atoms with Gasteiger partial charge in [0.05, 0.1) is 11.7 Å². The van der Waals surface area contributed by atoms with Crippen LogP contribution >= 0.6 is 0 Å². The van der Waals surface area contributed by atoms with E-state index in [0.717, 1.165) is 15.3 Å². The van der Waals surface area contributed by atoms with Crippen molar-refractivity contribution in [2.75, 3.05) is 0 Å². The molecule has 9 heteroatoms. The Bertz CT molecular complexity index is 900. The molecule has 0 saturated carbocycles. The molecule has 0 bridgehead atoms. The van der Waals surface area contributed by atoms with Crippen LogP contribution in [0.4, 0.5) is 0 Å². The molecule has 0 fully saturated rings. The summed E-state index contributed by atoms with van der Waals surface area (Å²) in [5.41, 5.74) is -0.946. The molecule has 2 aromatic rings. The first kappa shape index (κ1) is 16.1. The second-order valence-corrected chi connectivity index (χ2v) is 6.53. The maximum atomic E-state index is 12.4. The number of nitrogens with zero attached hydrogens (tertiary/aromatic N) is 3. The standard InChI is InChI=1S/C13H16N4O4S/c1-9(10-6-4-5-7-14-10)15-22(20,21)11-8-16(2)13(19)17(3)12(11)18/h4-9,15H,1-3H3/t9-/m0/s1. The predicted molar refractivity (Wildman–Crippen MR) is 79.9 cm³/mol. The van der Waals surface area contributed by atoms with Crippen LogP contribution in [-0.2, 0) is 24.1 Å². The van der Waals surface area contributed by atoms with Crippen LogP contribution in [0.2, 0.25) is 0 Å². The Morgan fingerprint density at radius 1 is 1.23 bits per heavy atom. The maximum Gasteiger partial charge on any atom is 0.330 e. The first-order chi connectivity index (χ1) is 10.2. The Morgan fingerprint density at radius 3 is 2.50 bits per heavy atom. The van der Waals surface area contributed by atoms with Gasteiger partial charge in [-0.15, -0.1) is 0 Å². The van der Waals surface area contributed by atoms with Crippen LogP contribution in [-0.4, -0.2) is 22.5 Å². The number of hydrogen-bond acceptors (Lipinski definition) is 5. The molecule has 0 aromatic carbocycles. The summed E-state index contributed by atoms with van der Waals surface area (Å²) in [7, 11) is -1.48. The Hall–Kier alpha value is -2.26. The molecule has 0 unspecified atom stereocenters. The minimum Gasteiger partial charge on any atom is -0.302 e. The molecule has 0 saturated heterocycles. The third kappa shape index (κ3) is 3.00. The van der Waals surface area contributed by atoms with Crippen LogP contribution < -0.4 is 16.0 Å². The average molecular weight is 324 g/mol. The number of nitrogens with one attached hydrogen (secondary N) is 1. The lowest BCUT2D eigenvalue weighted by atomic mass is 10.2. The molecule has 0 spiro atoms. The van der Waals surface area contributed by atoms with Gasteiger partial charge in [0.2, 0.25) is 10.0 Å². The Morgan fingerprint density at radius 2 is 1.91 bits per heavy atom. The smallest absolute Gasteiger partial charge is 0.302 e. The largest absolute Gasteiger partial charge is 0.330 e. The molecule has 0 amide bonds. The number of aromatic nitrogens is 3. The molecule has 2 heterocycles. The summed E-state index contributed by atoms with van der Waals surface area (Å²) in [4.78, 5) is 27.2. The molecule has 1 N–H and O–H groups in total. The second-order valence-electron chi connectivity index (χ2n) is 4.85. The molecule has 118 valence electrons. The average Bonchev–Trinajstić information content (AvgIpc) is 2.49. The van der Waals surface area contributed by atoms with E-state index in [2.05, 4.69) is 9.71 Å². The lowest BCUT2D eigenvalue weighted by molar-refractivity contribution is 0.555. The summed E-state index contributed by atoms with van der Waals surface area (Å²) in [6.07, 6.45) is 2.56. The highest BCUT2D eigenvalue weighted by Crippen LogP contribution is 2.12.